The van der Waals surface area contributed by atoms with Gasteiger partial charge < -0.3 is 16.4 Å². The summed E-state index contributed by atoms with van der Waals surface area (Å²) in [4.78, 5) is 25.1. The molecule has 142 valence electrons. The summed E-state index contributed by atoms with van der Waals surface area (Å²) in [5.74, 6) is -0.155. The first-order valence-corrected chi connectivity index (χ1v) is 9.53. The second-order valence-corrected chi connectivity index (χ2v) is 7.43. The van der Waals surface area contributed by atoms with Crippen molar-refractivity contribution in [2.75, 3.05) is 10.6 Å². The predicted molar refractivity (Wildman–Crippen MR) is 108 cm³/mol. The molecule has 1 saturated carbocycles. The first-order chi connectivity index (χ1) is 13.0. The topological polar surface area (TPSA) is 84.2 Å². The Labute approximate surface area is 160 Å². The van der Waals surface area contributed by atoms with E-state index in [0.29, 0.717) is 11.4 Å². The van der Waals surface area contributed by atoms with Crippen molar-refractivity contribution >= 4 is 23.2 Å². The number of hydrogen-bond acceptors (Lipinski definition) is 3. The van der Waals surface area contributed by atoms with Crippen LogP contribution < -0.4 is 16.4 Å². The van der Waals surface area contributed by atoms with Gasteiger partial charge in [0.05, 0.1) is 0 Å². The van der Waals surface area contributed by atoms with Crippen LogP contribution in [0.15, 0.2) is 54.6 Å². The van der Waals surface area contributed by atoms with E-state index in [1.54, 1.807) is 19.1 Å². The van der Waals surface area contributed by atoms with E-state index in [1.807, 2.05) is 42.5 Å². The Morgan fingerprint density at radius 3 is 2.22 bits per heavy atom. The van der Waals surface area contributed by atoms with Crippen LogP contribution in [0.25, 0.3) is 0 Å². The maximum Gasteiger partial charge on any atom is 0.248 e. The molecular weight excluding hydrogens is 338 g/mol. The van der Waals surface area contributed by atoms with Crippen molar-refractivity contribution in [1.29, 1.82) is 0 Å². The van der Waals surface area contributed by atoms with Gasteiger partial charge in [-0.2, -0.15) is 0 Å². The van der Waals surface area contributed by atoms with E-state index in [4.69, 9.17) is 5.73 Å². The molecule has 3 rings (SSSR count). The van der Waals surface area contributed by atoms with Crippen LogP contribution in [-0.4, -0.2) is 11.8 Å². The number of nitrogens with two attached hydrogens (primary N) is 1. The van der Waals surface area contributed by atoms with Gasteiger partial charge in [0, 0.05) is 17.3 Å². The van der Waals surface area contributed by atoms with Gasteiger partial charge in [-0.15, -0.1) is 0 Å². The molecule has 0 saturated heterocycles. The molecule has 0 bridgehead atoms. The van der Waals surface area contributed by atoms with Crippen molar-refractivity contribution in [1.82, 2.24) is 0 Å². The SMILES string of the molecule is CC(N)(C(=O)Nc1cccc(NC(=O)C2CCCCC2)c1)c1ccccc1. The molecule has 0 aliphatic heterocycles. The first kappa shape index (κ1) is 19.1. The summed E-state index contributed by atoms with van der Waals surface area (Å²) in [7, 11) is 0. The van der Waals surface area contributed by atoms with E-state index < -0.39 is 5.54 Å². The molecule has 1 unspecified atom stereocenters. The fourth-order valence-electron chi connectivity index (χ4n) is 3.46. The standard InChI is InChI=1S/C22H27N3O2/c1-22(23,17-11-6-3-7-12-17)21(27)25-19-14-8-13-18(15-19)24-20(26)16-9-4-2-5-10-16/h3,6-8,11-16H,2,4-5,9-10,23H2,1H3,(H,24,26)(H,25,27). The maximum atomic E-state index is 12.7. The molecule has 0 aromatic heterocycles. The highest BCUT2D eigenvalue weighted by Gasteiger charge is 2.30. The number of anilines is 2. The molecule has 2 amide bonds. The van der Waals surface area contributed by atoms with Gasteiger partial charge in [0.1, 0.15) is 5.54 Å². The molecule has 0 spiro atoms. The molecule has 5 nitrogen and oxygen atoms in total. The summed E-state index contributed by atoms with van der Waals surface area (Å²) in [6.45, 7) is 1.69. The maximum absolute atomic E-state index is 12.7. The molecule has 27 heavy (non-hydrogen) atoms. The van der Waals surface area contributed by atoms with Crippen molar-refractivity contribution in [2.45, 2.75) is 44.6 Å². The van der Waals surface area contributed by atoms with Gasteiger partial charge in [0.25, 0.3) is 0 Å². The molecular formula is C22H27N3O2. The quantitative estimate of drug-likeness (QED) is 0.748. The fraction of sp³-hybridized carbons (Fsp3) is 0.364. The molecule has 2 aromatic carbocycles. The lowest BCUT2D eigenvalue weighted by Crippen LogP contribution is -2.45. The number of nitrogens with one attached hydrogen (secondary N) is 2. The van der Waals surface area contributed by atoms with Gasteiger partial charge in [-0.25, -0.2) is 0 Å². The van der Waals surface area contributed by atoms with Gasteiger partial charge in [-0.05, 0) is 43.5 Å². The van der Waals surface area contributed by atoms with Crippen LogP contribution in [0, 0.1) is 5.92 Å². The summed E-state index contributed by atoms with van der Waals surface area (Å²) in [5.41, 5.74) is 7.14. The Balaban J connectivity index is 1.66. The predicted octanol–water partition coefficient (Wildman–Crippen LogP) is 4.02. The fourth-order valence-corrected chi connectivity index (χ4v) is 3.46. The zero-order valence-corrected chi connectivity index (χ0v) is 15.7. The minimum Gasteiger partial charge on any atom is -0.326 e. The normalized spacial score (nSPS) is 17.0. The van der Waals surface area contributed by atoms with Crippen LogP contribution in [0.2, 0.25) is 0 Å². The first-order valence-electron chi connectivity index (χ1n) is 9.53. The molecule has 1 atom stereocenters. The van der Waals surface area contributed by atoms with Crippen LogP contribution in [0.5, 0.6) is 0 Å². The van der Waals surface area contributed by atoms with E-state index in [1.165, 1.54) is 6.42 Å². The summed E-state index contributed by atoms with van der Waals surface area (Å²) in [6, 6.07) is 16.5. The molecule has 2 aromatic rings. The second-order valence-electron chi connectivity index (χ2n) is 7.43. The van der Waals surface area contributed by atoms with Crippen LogP contribution in [-0.2, 0) is 15.1 Å². The third kappa shape index (κ3) is 4.74. The van der Waals surface area contributed by atoms with Gasteiger partial charge in [-0.3, -0.25) is 9.59 Å². The van der Waals surface area contributed by atoms with Gasteiger partial charge in [-0.1, -0.05) is 55.7 Å². The second kappa shape index (κ2) is 8.35. The molecule has 1 aliphatic carbocycles. The van der Waals surface area contributed by atoms with E-state index in [9.17, 15) is 9.59 Å². The number of carbonyl (C=O) groups excluding carboxylic acids is 2. The molecule has 0 heterocycles. The highest BCUT2D eigenvalue weighted by Crippen LogP contribution is 2.26. The number of hydrogen-bond donors (Lipinski definition) is 3. The lowest BCUT2D eigenvalue weighted by molar-refractivity contribution is -0.121. The zero-order valence-electron chi connectivity index (χ0n) is 15.7. The minimum absolute atomic E-state index is 0.0612. The zero-order chi connectivity index (χ0) is 19.3. The van der Waals surface area contributed by atoms with Gasteiger partial charge in [0.2, 0.25) is 11.8 Å². The number of carbonyl (C=O) groups is 2. The number of amides is 2. The molecule has 1 aliphatic rings. The van der Waals surface area contributed by atoms with Crippen LogP contribution in [0.3, 0.4) is 0 Å². The van der Waals surface area contributed by atoms with Crippen molar-refractivity contribution < 1.29 is 9.59 Å². The average molecular weight is 365 g/mol. The lowest BCUT2D eigenvalue weighted by atomic mass is 9.88. The van der Waals surface area contributed by atoms with E-state index in [0.717, 1.165) is 31.2 Å². The summed E-state index contributed by atoms with van der Waals surface area (Å²) >= 11 is 0. The Bertz CT molecular complexity index is 796. The molecule has 0 radical (unpaired) electrons. The van der Waals surface area contributed by atoms with Crippen LogP contribution in [0.1, 0.15) is 44.6 Å². The highest BCUT2D eigenvalue weighted by atomic mass is 16.2. The van der Waals surface area contributed by atoms with Crippen LogP contribution >= 0.6 is 0 Å². The molecule has 1 fully saturated rings. The van der Waals surface area contributed by atoms with Crippen molar-refractivity contribution in [3.05, 3.63) is 60.2 Å². The highest BCUT2D eigenvalue weighted by molar-refractivity contribution is 5.99. The average Bonchev–Trinajstić information content (AvgIpc) is 2.69. The van der Waals surface area contributed by atoms with E-state index >= 15 is 0 Å². The number of benzene rings is 2. The Morgan fingerprint density at radius 2 is 1.56 bits per heavy atom. The third-order valence-electron chi connectivity index (χ3n) is 5.21. The monoisotopic (exact) mass is 365 g/mol. The van der Waals surface area contributed by atoms with Crippen LogP contribution in [0.4, 0.5) is 11.4 Å². The van der Waals surface area contributed by atoms with Crippen molar-refractivity contribution in [3.63, 3.8) is 0 Å². The largest absolute Gasteiger partial charge is 0.326 e. The molecule has 5 heteroatoms. The summed E-state index contributed by atoms with van der Waals surface area (Å²) in [5, 5.41) is 5.83. The van der Waals surface area contributed by atoms with Gasteiger partial charge in [0.15, 0.2) is 0 Å². The number of rotatable bonds is 5. The van der Waals surface area contributed by atoms with E-state index in [-0.39, 0.29) is 17.7 Å². The minimum atomic E-state index is -1.15. The summed E-state index contributed by atoms with van der Waals surface area (Å²) in [6.07, 6.45) is 5.34. The van der Waals surface area contributed by atoms with Gasteiger partial charge >= 0.3 is 0 Å². The Morgan fingerprint density at radius 1 is 0.926 bits per heavy atom. The van der Waals surface area contributed by atoms with Crippen molar-refractivity contribution in [2.24, 2.45) is 11.7 Å². The van der Waals surface area contributed by atoms with Crippen molar-refractivity contribution in [3.8, 4) is 0 Å². The Kier molecular flexibility index (Phi) is 5.91. The smallest absolute Gasteiger partial charge is 0.248 e. The van der Waals surface area contributed by atoms with E-state index in [2.05, 4.69) is 10.6 Å². The Hall–Kier alpha value is -2.66. The molecule has 4 N–H and O–H groups in total. The summed E-state index contributed by atoms with van der Waals surface area (Å²) < 4.78 is 0. The third-order valence-corrected chi connectivity index (χ3v) is 5.21. The lowest BCUT2D eigenvalue weighted by Gasteiger charge is -2.24.